The Morgan fingerprint density at radius 1 is 1.26 bits per heavy atom. The molecule has 1 aliphatic carbocycles. The maximum atomic E-state index is 13.8. The van der Waals surface area contributed by atoms with Crippen LogP contribution in [0.25, 0.3) is 33.6 Å². The third-order valence-electron chi connectivity index (χ3n) is 7.28. The number of piperidine rings is 1. The number of methoxy groups -OCH3 is 1. The molecule has 2 aliphatic rings. The number of ether oxygens (including phenoxy) is 1. The minimum atomic E-state index is -1.08. The predicted octanol–water partition coefficient (Wildman–Crippen LogP) is 3.52. The Balaban J connectivity index is 1.45. The highest BCUT2D eigenvalue weighted by molar-refractivity contribution is 6.00. The maximum absolute atomic E-state index is 13.8. The van der Waals surface area contributed by atoms with Crippen molar-refractivity contribution >= 4 is 28.0 Å². The van der Waals surface area contributed by atoms with Crippen LogP contribution in [0, 0.1) is 5.92 Å². The van der Waals surface area contributed by atoms with E-state index in [4.69, 9.17) is 15.5 Å². The number of fused-ring (bicyclic) bond motifs is 2. The quantitative estimate of drug-likeness (QED) is 0.476. The topological polar surface area (TPSA) is 91.2 Å². The Hall–Kier alpha value is -3.46. The van der Waals surface area contributed by atoms with Crippen molar-refractivity contribution in [1.29, 1.82) is 0 Å². The second kappa shape index (κ2) is 8.34. The van der Waals surface area contributed by atoms with Gasteiger partial charge in [0.25, 0.3) is 5.91 Å². The number of carbonyl (C=O) groups is 1. The van der Waals surface area contributed by atoms with Gasteiger partial charge in [0.2, 0.25) is 0 Å². The van der Waals surface area contributed by atoms with E-state index < -0.39 is 12.2 Å². The van der Waals surface area contributed by atoms with Gasteiger partial charge in [-0.15, -0.1) is 0 Å². The zero-order chi connectivity index (χ0) is 24.3. The molecule has 3 aromatic heterocycles. The average molecular weight is 477 g/mol. The van der Waals surface area contributed by atoms with Gasteiger partial charge in [-0.3, -0.25) is 4.79 Å². The van der Waals surface area contributed by atoms with Crippen molar-refractivity contribution in [2.75, 3.05) is 20.2 Å². The van der Waals surface area contributed by atoms with Crippen molar-refractivity contribution in [3.8, 4) is 17.3 Å². The molecule has 0 spiro atoms. The number of halogens is 1. The molecule has 182 valence electrons. The van der Waals surface area contributed by atoms with Crippen LogP contribution in [0.15, 0.2) is 36.5 Å². The minimum Gasteiger partial charge on any atom is -0.494 e. The van der Waals surface area contributed by atoms with Crippen LogP contribution in [-0.2, 0) is 13.6 Å². The molecule has 2 atom stereocenters. The third kappa shape index (κ3) is 3.74. The average Bonchev–Trinajstić information content (AvgIpc) is 3.53. The summed E-state index contributed by atoms with van der Waals surface area (Å²) in [6.07, 6.45) is 3.46. The molecule has 2 N–H and O–H groups in total. The van der Waals surface area contributed by atoms with E-state index >= 15 is 0 Å². The normalized spacial score (nSPS) is 20.6. The first-order chi connectivity index (χ1) is 16.9. The van der Waals surface area contributed by atoms with E-state index in [0.717, 1.165) is 34.6 Å². The molecule has 9 heteroatoms. The molecule has 0 radical (unpaired) electrons. The number of alkyl halides is 1. The number of imidazole rings is 1. The van der Waals surface area contributed by atoms with Crippen molar-refractivity contribution in [3.63, 3.8) is 0 Å². The first-order valence-electron chi connectivity index (χ1n) is 12.1. The van der Waals surface area contributed by atoms with Crippen LogP contribution in [0.1, 0.15) is 29.6 Å². The van der Waals surface area contributed by atoms with Crippen molar-refractivity contribution in [3.05, 3.63) is 42.1 Å². The summed E-state index contributed by atoms with van der Waals surface area (Å²) < 4.78 is 23.8. The number of amides is 1. The van der Waals surface area contributed by atoms with Crippen LogP contribution in [0.3, 0.4) is 0 Å². The minimum absolute atomic E-state index is 0.188. The SMILES string of the molecule is COc1cc(C(=O)N2CC[C@H](F)[C@H](N)C2)cc2nc(-c3cc4cccnc4n3CC3CC3)n(C)c12. The molecule has 0 unspecified atom stereocenters. The van der Waals surface area contributed by atoms with E-state index in [2.05, 4.69) is 21.7 Å². The smallest absolute Gasteiger partial charge is 0.254 e. The number of pyridine rings is 1. The number of hydrogen-bond donors (Lipinski definition) is 1. The van der Waals surface area contributed by atoms with Crippen LogP contribution in [0.4, 0.5) is 4.39 Å². The van der Waals surface area contributed by atoms with E-state index in [1.165, 1.54) is 12.8 Å². The van der Waals surface area contributed by atoms with Gasteiger partial charge in [0, 0.05) is 43.8 Å². The van der Waals surface area contributed by atoms with Crippen LogP contribution in [0.2, 0.25) is 0 Å². The largest absolute Gasteiger partial charge is 0.494 e. The molecule has 0 bridgehead atoms. The molecule has 8 nitrogen and oxygen atoms in total. The second-order valence-electron chi connectivity index (χ2n) is 9.76. The Bertz CT molecular complexity index is 1440. The summed E-state index contributed by atoms with van der Waals surface area (Å²) in [4.78, 5) is 24.5. The fourth-order valence-electron chi connectivity index (χ4n) is 5.15. The lowest BCUT2D eigenvalue weighted by atomic mass is 10.0. The van der Waals surface area contributed by atoms with E-state index in [0.29, 0.717) is 29.3 Å². The van der Waals surface area contributed by atoms with Gasteiger partial charge in [-0.05, 0) is 55.5 Å². The highest BCUT2D eigenvalue weighted by atomic mass is 19.1. The number of benzene rings is 1. The standard InChI is InChI=1S/C26H29FN6O2/c1-31-23-20(10-17(12-22(23)35-2)26(34)32-9-7-18(27)19(28)14-32)30-25(31)21-11-16-4-3-8-29-24(16)33(21)13-15-5-6-15/h3-4,8,10-12,15,18-19H,5-7,9,13-14,28H2,1-2H3/t18-,19+/m0/s1. The van der Waals surface area contributed by atoms with Crippen LogP contribution in [0.5, 0.6) is 5.75 Å². The Labute approximate surface area is 202 Å². The molecule has 1 saturated carbocycles. The molecular weight excluding hydrogens is 447 g/mol. The van der Waals surface area contributed by atoms with Crippen molar-refractivity contribution in [2.45, 2.75) is 38.0 Å². The number of aromatic nitrogens is 4. The molecule has 4 aromatic rings. The Kier molecular flexibility index (Phi) is 5.25. The molecular formula is C26H29FN6O2. The Morgan fingerprint density at radius 2 is 2.09 bits per heavy atom. The second-order valence-corrected chi connectivity index (χ2v) is 9.76. The first-order valence-corrected chi connectivity index (χ1v) is 12.1. The zero-order valence-electron chi connectivity index (χ0n) is 19.9. The molecule has 2 fully saturated rings. The van der Waals surface area contributed by atoms with Crippen LogP contribution in [-0.4, -0.2) is 62.3 Å². The van der Waals surface area contributed by atoms with Crippen LogP contribution >= 0.6 is 0 Å². The summed E-state index contributed by atoms with van der Waals surface area (Å²) in [5.41, 5.74) is 9.79. The lowest BCUT2D eigenvalue weighted by Crippen LogP contribution is -2.51. The molecule has 4 heterocycles. The summed E-state index contributed by atoms with van der Waals surface area (Å²) in [7, 11) is 3.56. The van der Waals surface area contributed by atoms with Gasteiger partial charge < -0.3 is 24.5 Å². The lowest BCUT2D eigenvalue weighted by molar-refractivity contribution is 0.0630. The fraction of sp³-hybridized carbons (Fsp3) is 0.423. The molecule has 1 aliphatic heterocycles. The monoisotopic (exact) mass is 476 g/mol. The van der Waals surface area contributed by atoms with Crippen molar-refractivity contribution < 1.29 is 13.9 Å². The van der Waals surface area contributed by atoms with Gasteiger partial charge in [0.1, 0.15) is 23.1 Å². The number of likely N-dealkylation sites (tertiary alicyclic amines) is 1. The lowest BCUT2D eigenvalue weighted by Gasteiger charge is -2.33. The summed E-state index contributed by atoms with van der Waals surface area (Å²) in [5, 5.41) is 1.07. The van der Waals surface area contributed by atoms with E-state index in [9.17, 15) is 9.18 Å². The predicted molar refractivity (Wildman–Crippen MR) is 132 cm³/mol. The van der Waals surface area contributed by atoms with Crippen molar-refractivity contribution in [2.24, 2.45) is 18.7 Å². The van der Waals surface area contributed by atoms with Crippen molar-refractivity contribution in [1.82, 2.24) is 24.0 Å². The number of nitrogens with two attached hydrogens (primary N) is 1. The third-order valence-corrected chi connectivity index (χ3v) is 7.28. The summed E-state index contributed by atoms with van der Waals surface area (Å²) >= 11 is 0. The highest BCUT2D eigenvalue weighted by Gasteiger charge is 2.31. The summed E-state index contributed by atoms with van der Waals surface area (Å²) in [6.45, 7) is 1.45. The number of nitrogens with zero attached hydrogens (tertiary/aromatic N) is 5. The van der Waals surface area contributed by atoms with Gasteiger partial charge in [0.05, 0.1) is 24.4 Å². The number of hydrogen-bond acceptors (Lipinski definition) is 5. The van der Waals surface area contributed by atoms with Crippen LogP contribution < -0.4 is 10.5 Å². The van der Waals surface area contributed by atoms with E-state index in [1.54, 1.807) is 24.1 Å². The molecule has 1 aromatic carbocycles. The first kappa shape index (κ1) is 22.0. The molecule has 35 heavy (non-hydrogen) atoms. The van der Waals surface area contributed by atoms with Gasteiger partial charge in [-0.1, -0.05) is 0 Å². The Morgan fingerprint density at radius 3 is 2.83 bits per heavy atom. The van der Waals surface area contributed by atoms with Gasteiger partial charge in [-0.2, -0.15) is 0 Å². The van der Waals surface area contributed by atoms with E-state index in [1.807, 2.05) is 23.9 Å². The summed E-state index contributed by atoms with van der Waals surface area (Å²) in [6, 6.07) is 9.02. The number of rotatable bonds is 5. The highest BCUT2D eigenvalue weighted by Crippen LogP contribution is 2.37. The van der Waals surface area contributed by atoms with Gasteiger partial charge in [-0.25, -0.2) is 14.4 Å². The molecule has 1 amide bonds. The summed E-state index contributed by atoms with van der Waals surface area (Å²) in [5.74, 6) is 1.84. The number of aryl methyl sites for hydroxylation is 1. The fourth-order valence-corrected chi connectivity index (χ4v) is 5.15. The van der Waals surface area contributed by atoms with Gasteiger partial charge in [0.15, 0.2) is 5.82 Å². The van der Waals surface area contributed by atoms with Gasteiger partial charge >= 0.3 is 0 Å². The number of carbonyl (C=O) groups excluding carboxylic acids is 1. The molecule has 6 rings (SSSR count). The van der Waals surface area contributed by atoms with E-state index in [-0.39, 0.29) is 18.9 Å². The zero-order valence-corrected chi connectivity index (χ0v) is 19.9. The maximum Gasteiger partial charge on any atom is 0.254 e. The molecule has 1 saturated heterocycles.